The molecule has 0 saturated heterocycles. The second kappa shape index (κ2) is 4.75. The molecule has 7 nitrogen and oxygen atoms in total. The third kappa shape index (κ3) is 2.45. The van der Waals surface area contributed by atoms with Crippen LogP contribution in [0, 0.1) is 21.4 Å². The molecule has 1 rings (SSSR count). The van der Waals surface area contributed by atoms with E-state index in [1.165, 1.54) is 0 Å². The zero-order valence-electron chi connectivity index (χ0n) is 7.91. The highest BCUT2D eigenvalue weighted by atomic mass is 16.6. The molecule has 82 valence electrons. The molecular formula is C9H6N2O5. The van der Waals surface area contributed by atoms with Crippen molar-refractivity contribution < 1.29 is 19.6 Å². The Labute approximate surface area is 89.6 Å². The highest BCUT2D eigenvalue weighted by Gasteiger charge is 2.16. The smallest absolute Gasteiger partial charge is 0.339 e. The van der Waals surface area contributed by atoms with Crippen molar-refractivity contribution in [3.8, 4) is 11.8 Å². The molecule has 0 aromatic heterocycles. The fourth-order valence-corrected chi connectivity index (χ4v) is 1.03. The number of benzene rings is 1. The number of nitro groups is 1. The fraction of sp³-hybridized carbons (Fsp3) is 0.111. The quantitative estimate of drug-likeness (QED) is 0.604. The zero-order valence-corrected chi connectivity index (χ0v) is 7.91. The predicted octanol–water partition coefficient (Wildman–Crippen LogP) is 1.20. The number of non-ortho nitro benzene ring substituents is 1. The molecule has 0 heterocycles. The third-order valence-corrected chi connectivity index (χ3v) is 1.70. The molecule has 1 N–H and O–H groups in total. The van der Waals surface area contributed by atoms with Gasteiger partial charge in [-0.05, 0) is 6.07 Å². The van der Waals surface area contributed by atoms with Crippen molar-refractivity contribution >= 4 is 11.7 Å². The van der Waals surface area contributed by atoms with Crippen molar-refractivity contribution in [2.75, 3.05) is 6.61 Å². The van der Waals surface area contributed by atoms with Crippen molar-refractivity contribution in [3.05, 3.63) is 33.9 Å². The minimum atomic E-state index is -1.35. The van der Waals surface area contributed by atoms with Gasteiger partial charge >= 0.3 is 5.97 Å². The summed E-state index contributed by atoms with van der Waals surface area (Å²) >= 11 is 0. The molecule has 1 aromatic rings. The largest absolute Gasteiger partial charge is 0.478 e. The Balaban J connectivity index is 3.15. The van der Waals surface area contributed by atoms with E-state index in [1.807, 2.05) is 0 Å². The van der Waals surface area contributed by atoms with Crippen LogP contribution < -0.4 is 4.74 Å². The van der Waals surface area contributed by atoms with E-state index in [4.69, 9.17) is 15.1 Å². The Hall–Kier alpha value is -2.62. The second-order valence-corrected chi connectivity index (χ2v) is 2.69. The standard InChI is InChI=1S/C9H6N2O5/c10-3-4-16-8-2-1-6(11(14)15)5-7(8)9(12)13/h1-2,5H,4H2,(H,12,13). The number of carboxylic acids is 1. The molecule has 0 aliphatic rings. The number of nitrogens with zero attached hydrogens (tertiary/aromatic N) is 2. The highest BCUT2D eigenvalue weighted by molar-refractivity contribution is 5.91. The van der Waals surface area contributed by atoms with Crippen LogP contribution in [0.5, 0.6) is 5.75 Å². The SMILES string of the molecule is N#CCOc1ccc([N+](=O)[O-])cc1C(=O)O. The molecule has 16 heavy (non-hydrogen) atoms. The lowest BCUT2D eigenvalue weighted by Crippen LogP contribution is -2.04. The van der Waals surface area contributed by atoms with Gasteiger partial charge in [-0.25, -0.2) is 4.79 Å². The summed E-state index contributed by atoms with van der Waals surface area (Å²) < 4.78 is 4.82. The van der Waals surface area contributed by atoms with Gasteiger partial charge in [0.25, 0.3) is 5.69 Å². The van der Waals surface area contributed by atoms with Gasteiger partial charge in [0.05, 0.1) is 4.92 Å². The lowest BCUT2D eigenvalue weighted by Gasteiger charge is -2.04. The average Bonchev–Trinajstić information content (AvgIpc) is 2.25. The van der Waals surface area contributed by atoms with Crippen molar-refractivity contribution in [1.29, 1.82) is 5.26 Å². The fourth-order valence-electron chi connectivity index (χ4n) is 1.03. The summed E-state index contributed by atoms with van der Waals surface area (Å²) in [5, 5.41) is 27.5. The van der Waals surface area contributed by atoms with Gasteiger partial charge in [-0.15, -0.1) is 0 Å². The maximum absolute atomic E-state index is 10.8. The topological polar surface area (TPSA) is 113 Å². The third-order valence-electron chi connectivity index (χ3n) is 1.70. The number of rotatable bonds is 4. The molecule has 0 unspecified atom stereocenters. The van der Waals surface area contributed by atoms with Crippen molar-refractivity contribution in [2.24, 2.45) is 0 Å². The summed E-state index contributed by atoms with van der Waals surface area (Å²) in [7, 11) is 0. The number of hydrogen-bond acceptors (Lipinski definition) is 5. The van der Waals surface area contributed by atoms with Crippen LogP contribution in [0.25, 0.3) is 0 Å². The van der Waals surface area contributed by atoms with Gasteiger partial charge in [0.2, 0.25) is 0 Å². The first-order valence-corrected chi connectivity index (χ1v) is 4.07. The summed E-state index contributed by atoms with van der Waals surface area (Å²) in [6, 6.07) is 4.82. The lowest BCUT2D eigenvalue weighted by molar-refractivity contribution is -0.384. The Morgan fingerprint density at radius 2 is 2.31 bits per heavy atom. The molecule has 7 heteroatoms. The van der Waals surface area contributed by atoms with Gasteiger partial charge in [0.15, 0.2) is 6.61 Å². The van der Waals surface area contributed by atoms with E-state index in [0.29, 0.717) is 0 Å². The van der Waals surface area contributed by atoms with Gasteiger partial charge in [0.1, 0.15) is 17.4 Å². The van der Waals surface area contributed by atoms with Crippen molar-refractivity contribution in [3.63, 3.8) is 0 Å². The van der Waals surface area contributed by atoms with E-state index < -0.39 is 10.9 Å². The number of carbonyl (C=O) groups is 1. The van der Waals surface area contributed by atoms with Gasteiger partial charge in [0, 0.05) is 12.1 Å². The Kier molecular flexibility index (Phi) is 3.40. The summed E-state index contributed by atoms with van der Waals surface area (Å²) in [5.41, 5.74) is -0.689. The molecule has 0 spiro atoms. The van der Waals surface area contributed by atoms with Gasteiger partial charge in [-0.3, -0.25) is 10.1 Å². The monoisotopic (exact) mass is 222 g/mol. The van der Waals surface area contributed by atoms with Gasteiger partial charge in [-0.1, -0.05) is 0 Å². The van der Waals surface area contributed by atoms with Crippen LogP contribution in [0.4, 0.5) is 5.69 Å². The molecule has 0 amide bonds. The van der Waals surface area contributed by atoms with E-state index in [1.54, 1.807) is 6.07 Å². The average molecular weight is 222 g/mol. The summed E-state index contributed by atoms with van der Waals surface area (Å²) in [6.45, 7) is -0.321. The minimum Gasteiger partial charge on any atom is -0.478 e. The molecule has 0 fully saturated rings. The van der Waals surface area contributed by atoms with E-state index in [2.05, 4.69) is 0 Å². The number of aromatic carboxylic acids is 1. The first kappa shape index (κ1) is 11.5. The maximum Gasteiger partial charge on any atom is 0.339 e. The molecule has 0 aliphatic carbocycles. The molecule has 0 atom stereocenters. The van der Waals surface area contributed by atoms with E-state index in [-0.39, 0.29) is 23.6 Å². The number of nitriles is 1. The Morgan fingerprint density at radius 3 is 2.81 bits per heavy atom. The Morgan fingerprint density at radius 1 is 1.62 bits per heavy atom. The summed E-state index contributed by atoms with van der Waals surface area (Å²) in [5.74, 6) is -1.42. The normalized spacial score (nSPS) is 9.19. The van der Waals surface area contributed by atoms with Crippen LogP contribution in [0.1, 0.15) is 10.4 Å². The molecule has 0 radical (unpaired) electrons. The highest BCUT2D eigenvalue weighted by Crippen LogP contribution is 2.24. The van der Waals surface area contributed by atoms with E-state index >= 15 is 0 Å². The molecule has 0 aliphatic heterocycles. The van der Waals surface area contributed by atoms with E-state index in [9.17, 15) is 14.9 Å². The molecule has 1 aromatic carbocycles. The summed E-state index contributed by atoms with van der Waals surface area (Å²) in [4.78, 5) is 20.5. The maximum atomic E-state index is 10.8. The second-order valence-electron chi connectivity index (χ2n) is 2.69. The molecule has 0 saturated carbocycles. The van der Waals surface area contributed by atoms with Crippen LogP contribution in [0.2, 0.25) is 0 Å². The molecule has 0 bridgehead atoms. The first-order chi connectivity index (χ1) is 7.56. The van der Waals surface area contributed by atoms with Crippen LogP contribution >= 0.6 is 0 Å². The van der Waals surface area contributed by atoms with Crippen LogP contribution in [0.3, 0.4) is 0 Å². The van der Waals surface area contributed by atoms with Crippen LogP contribution in [0.15, 0.2) is 18.2 Å². The van der Waals surface area contributed by atoms with Crippen LogP contribution in [-0.2, 0) is 0 Å². The summed E-state index contributed by atoms with van der Waals surface area (Å²) in [6.07, 6.45) is 0. The van der Waals surface area contributed by atoms with Crippen molar-refractivity contribution in [1.82, 2.24) is 0 Å². The zero-order chi connectivity index (χ0) is 12.1. The number of carboxylic acid groups (broad SMARTS) is 1. The predicted molar refractivity (Wildman–Crippen MR) is 51.2 cm³/mol. The van der Waals surface area contributed by atoms with Crippen LogP contribution in [-0.4, -0.2) is 22.6 Å². The molecular weight excluding hydrogens is 216 g/mol. The van der Waals surface area contributed by atoms with Crippen molar-refractivity contribution in [2.45, 2.75) is 0 Å². The van der Waals surface area contributed by atoms with Gasteiger partial charge in [-0.2, -0.15) is 5.26 Å². The van der Waals surface area contributed by atoms with Gasteiger partial charge < -0.3 is 9.84 Å². The number of nitro benzene ring substituents is 1. The number of hydrogen-bond donors (Lipinski definition) is 1. The lowest BCUT2D eigenvalue weighted by atomic mass is 10.2. The minimum absolute atomic E-state index is 0.0698. The number of ether oxygens (including phenoxy) is 1. The first-order valence-electron chi connectivity index (χ1n) is 4.07. The van der Waals surface area contributed by atoms with E-state index in [0.717, 1.165) is 18.2 Å². The Bertz CT molecular complexity index is 477.